The quantitative estimate of drug-likeness (QED) is 0.0343. The van der Waals surface area contributed by atoms with Gasteiger partial charge in [-0.3, -0.25) is 14.4 Å². The first-order chi connectivity index (χ1) is 32.2. The molecule has 0 aliphatic rings. The molecule has 0 spiro atoms. The van der Waals surface area contributed by atoms with E-state index in [1.54, 1.807) is 0 Å². The number of carbonyl (C=O) groups excluding carboxylic acids is 3. The van der Waals surface area contributed by atoms with Gasteiger partial charge >= 0.3 is 17.9 Å². The van der Waals surface area contributed by atoms with Gasteiger partial charge in [0.25, 0.3) is 0 Å². The molecule has 0 aromatic rings. The molecule has 0 fully saturated rings. The average Bonchev–Trinajstić information content (AvgIpc) is 3.29. The molecular weight excluding hydrogens is 817 g/mol. The van der Waals surface area contributed by atoms with Gasteiger partial charge in [0.1, 0.15) is 13.2 Å². The highest BCUT2D eigenvalue weighted by Crippen LogP contribution is 2.18. The standard InChI is InChI=1S/C60H116O6/c1-6-7-8-9-10-11-12-18-25-30-35-40-45-50-58(61)64-53-57(66-60(63)52-47-42-37-32-27-22-17-20-24-29-34-39-44-49-56(4)5)54-65-59(62)51-46-41-36-31-26-21-16-14-13-15-19-23-28-33-38-43-48-55(2)3/h55-57H,6-54H2,1-5H3/t57-/m0/s1. The monoisotopic (exact) mass is 933 g/mol. The van der Waals surface area contributed by atoms with Gasteiger partial charge in [-0.05, 0) is 31.1 Å². The number of carbonyl (C=O) groups is 3. The molecule has 0 heterocycles. The van der Waals surface area contributed by atoms with Crippen molar-refractivity contribution in [1.29, 1.82) is 0 Å². The summed E-state index contributed by atoms with van der Waals surface area (Å²) in [5.74, 6) is 0.855. The second-order valence-corrected chi connectivity index (χ2v) is 21.6. The maximum Gasteiger partial charge on any atom is 0.306 e. The van der Waals surface area contributed by atoms with Gasteiger partial charge in [-0.25, -0.2) is 0 Å². The van der Waals surface area contributed by atoms with Crippen LogP contribution < -0.4 is 0 Å². The minimum absolute atomic E-state index is 0.0623. The van der Waals surface area contributed by atoms with E-state index in [-0.39, 0.29) is 31.1 Å². The highest BCUT2D eigenvalue weighted by atomic mass is 16.6. The van der Waals surface area contributed by atoms with Gasteiger partial charge in [-0.15, -0.1) is 0 Å². The predicted octanol–water partition coefficient (Wildman–Crippen LogP) is 19.7. The Morgan fingerprint density at radius 3 is 0.742 bits per heavy atom. The van der Waals surface area contributed by atoms with Crippen LogP contribution in [0.2, 0.25) is 0 Å². The molecule has 0 aromatic carbocycles. The zero-order valence-electron chi connectivity index (χ0n) is 45.3. The van der Waals surface area contributed by atoms with E-state index < -0.39 is 6.10 Å². The molecule has 6 heteroatoms. The first-order valence-electron chi connectivity index (χ1n) is 29.7. The zero-order valence-corrected chi connectivity index (χ0v) is 45.3. The summed E-state index contributed by atoms with van der Waals surface area (Å²) in [6, 6.07) is 0. The van der Waals surface area contributed by atoms with Crippen LogP contribution in [0.5, 0.6) is 0 Å². The minimum atomic E-state index is -0.763. The Balaban J connectivity index is 4.27. The molecule has 0 rings (SSSR count). The summed E-state index contributed by atoms with van der Waals surface area (Å²) in [5, 5.41) is 0. The van der Waals surface area contributed by atoms with Crippen molar-refractivity contribution in [3.05, 3.63) is 0 Å². The summed E-state index contributed by atoms with van der Waals surface area (Å²) in [6.45, 7) is 11.4. The molecule has 0 amide bonds. The van der Waals surface area contributed by atoms with Gasteiger partial charge in [0.05, 0.1) is 0 Å². The third kappa shape index (κ3) is 53.4. The van der Waals surface area contributed by atoms with Crippen LogP contribution in [0.15, 0.2) is 0 Å². The average molecular weight is 934 g/mol. The van der Waals surface area contributed by atoms with Gasteiger partial charge in [0.2, 0.25) is 0 Å². The van der Waals surface area contributed by atoms with Crippen LogP contribution in [0.4, 0.5) is 0 Å². The summed E-state index contributed by atoms with van der Waals surface area (Å²) in [5.41, 5.74) is 0. The lowest BCUT2D eigenvalue weighted by Crippen LogP contribution is -2.30. The third-order valence-corrected chi connectivity index (χ3v) is 13.7. The Labute approximate surface area is 412 Å². The molecule has 0 saturated carbocycles. The number of hydrogen-bond acceptors (Lipinski definition) is 6. The maximum atomic E-state index is 12.9. The van der Waals surface area contributed by atoms with Crippen molar-refractivity contribution in [3.63, 3.8) is 0 Å². The van der Waals surface area contributed by atoms with Crippen LogP contribution in [0.1, 0.15) is 336 Å². The molecule has 6 nitrogen and oxygen atoms in total. The van der Waals surface area contributed by atoms with E-state index in [1.165, 1.54) is 225 Å². The van der Waals surface area contributed by atoms with E-state index in [9.17, 15) is 14.4 Å². The highest BCUT2D eigenvalue weighted by molar-refractivity contribution is 5.71. The minimum Gasteiger partial charge on any atom is -0.462 e. The Hall–Kier alpha value is -1.59. The topological polar surface area (TPSA) is 78.9 Å². The Morgan fingerprint density at radius 2 is 0.500 bits per heavy atom. The summed E-state index contributed by atoms with van der Waals surface area (Å²) in [6.07, 6.45) is 56.6. The van der Waals surface area contributed by atoms with Crippen LogP contribution in [-0.2, 0) is 28.6 Å². The van der Waals surface area contributed by atoms with Crippen molar-refractivity contribution in [2.75, 3.05) is 13.2 Å². The molecule has 66 heavy (non-hydrogen) atoms. The van der Waals surface area contributed by atoms with Gasteiger partial charge in [-0.2, -0.15) is 0 Å². The smallest absolute Gasteiger partial charge is 0.306 e. The Morgan fingerprint density at radius 1 is 0.288 bits per heavy atom. The predicted molar refractivity (Wildman–Crippen MR) is 284 cm³/mol. The number of hydrogen-bond donors (Lipinski definition) is 0. The van der Waals surface area contributed by atoms with Crippen LogP contribution in [0.3, 0.4) is 0 Å². The SMILES string of the molecule is CCCCCCCCCCCCCCCC(=O)OC[C@@H](COC(=O)CCCCCCCCCCCCCCCCCCC(C)C)OC(=O)CCCCCCCCCCCCCCCC(C)C. The van der Waals surface area contributed by atoms with Crippen molar-refractivity contribution < 1.29 is 28.6 Å². The lowest BCUT2D eigenvalue weighted by molar-refractivity contribution is -0.167. The normalized spacial score (nSPS) is 12.0. The molecule has 0 saturated heterocycles. The summed E-state index contributed by atoms with van der Waals surface area (Å²) < 4.78 is 16.9. The van der Waals surface area contributed by atoms with E-state index in [0.29, 0.717) is 19.3 Å². The number of unbranched alkanes of at least 4 members (excludes halogenated alkanes) is 39. The van der Waals surface area contributed by atoms with E-state index >= 15 is 0 Å². The molecule has 392 valence electrons. The van der Waals surface area contributed by atoms with Gasteiger partial charge in [-0.1, -0.05) is 298 Å². The van der Waals surface area contributed by atoms with Crippen molar-refractivity contribution in [3.8, 4) is 0 Å². The van der Waals surface area contributed by atoms with E-state index in [2.05, 4.69) is 34.6 Å². The summed E-state index contributed by atoms with van der Waals surface area (Å²) in [7, 11) is 0. The lowest BCUT2D eigenvalue weighted by atomic mass is 10.0. The molecule has 0 bridgehead atoms. The van der Waals surface area contributed by atoms with Gasteiger partial charge in [0.15, 0.2) is 6.10 Å². The largest absolute Gasteiger partial charge is 0.462 e. The molecule has 0 unspecified atom stereocenters. The van der Waals surface area contributed by atoms with Crippen molar-refractivity contribution in [2.24, 2.45) is 11.8 Å². The molecule has 1 atom stereocenters. The van der Waals surface area contributed by atoms with Gasteiger partial charge in [0, 0.05) is 19.3 Å². The van der Waals surface area contributed by atoms with Crippen LogP contribution in [0, 0.1) is 11.8 Å². The van der Waals surface area contributed by atoms with E-state index in [4.69, 9.17) is 14.2 Å². The number of rotatable bonds is 54. The molecule has 0 aliphatic carbocycles. The first kappa shape index (κ1) is 64.4. The molecule has 0 aromatic heterocycles. The Kier molecular flexibility index (Phi) is 51.5. The Bertz CT molecular complexity index is 1010. The van der Waals surface area contributed by atoms with Crippen LogP contribution >= 0.6 is 0 Å². The second kappa shape index (κ2) is 52.8. The maximum absolute atomic E-state index is 12.9. The first-order valence-corrected chi connectivity index (χ1v) is 29.7. The van der Waals surface area contributed by atoms with Crippen molar-refractivity contribution in [2.45, 2.75) is 343 Å². The fraction of sp³-hybridized carbons (Fsp3) is 0.950. The zero-order chi connectivity index (χ0) is 48.2. The highest BCUT2D eigenvalue weighted by Gasteiger charge is 2.19. The fourth-order valence-electron chi connectivity index (χ4n) is 9.23. The molecule has 0 radical (unpaired) electrons. The second-order valence-electron chi connectivity index (χ2n) is 21.6. The van der Waals surface area contributed by atoms with E-state index in [0.717, 1.165) is 69.6 Å². The van der Waals surface area contributed by atoms with Gasteiger partial charge < -0.3 is 14.2 Å². The summed E-state index contributed by atoms with van der Waals surface area (Å²) in [4.78, 5) is 38.2. The van der Waals surface area contributed by atoms with Crippen LogP contribution in [0.25, 0.3) is 0 Å². The molecule has 0 N–H and O–H groups in total. The molecule has 0 aliphatic heterocycles. The fourth-order valence-corrected chi connectivity index (χ4v) is 9.23. The lowest BCUT2D eigenvalue weighted by Gasteiger charge is -2.18. The van der Waals surface area contributed by atoms with Crippen LogP contribution in [-0.4, -0.2) is 37.2 Å². The van der Waals surface area contributed by atoms with Crippen molar-refractivity contribution in [1.82, 2.24) is 0 Å². The molecular formula is C60H116O6. The van der Waals surface area contributed by atoms with Crippen molar-refractivity contribution >= 4 is 17.9 Å². The number of ether oxygens (including phenoxy) is 3. The summed E-state index contributed by atoms with van der Waals surface area (Å²) >= 11 is 0. The number of esters is 3. The van der Waals surface area contributed by atoms with E-state index in [1.807, 2.05) is 0 Å². The third-order valence-electron chi connectivity index (χ3n) is 13.7.